The van der Waals surface area contributed by atoms with Crippen molar-refractivity contribution in [3.8, 4) is 0 Å². The largest absolute Gasteiger partial charge is 0.334 e. The Labute approximate surface area is 93.3 Å². The van der Waals surface area contributed by atoms with E-state index in [0.29, 0.717) is 10.8 Å². The first-order valence-corrected chi connectivity index (χ1v) is 5.31. The number of hydrogen-bond donors (Lipinski definition) is 0. The first-order chi connectivity index (χ1) is 7.20. The number of halogens is 1. The lowest BCUT2D eigenvalue weighted by Crippen LogP contribution is -2.28. The van der Waals surface area contributed by atoms with Crippen LogP contribution in [0.5, 0.6) is 0 Å². The predicted octanol–water partition coefficient (Wildman–Crippen LogP) is 1.81. The summed E-state index contributed by atoms with van der Waals surface area (Å²) in [6, 6.07) is 0.00343. The Kier molecular flexibility index (Phi) is 2.86. The van der Waals surface area contributed by atoms with Crippen molar-refractivity contribution in [1.29, 1.82) is 0 Å². The highest BCUT2D eigenvalue weighted by Gasteiger charge is 2.30. The average molecular weight is 226 g/mol. The molecule has 0 saturated carbocycles. The summed E-state index contributed by atoms with van der Waals surface area (Å²) in [5, 5.41) is 0.399. The second kappa shape index (κ2) is 4.14. The third-order valence-corrected chi connectivity index (χ3v) is 2.94. The second-order valence-electron chi connectivity index (χ2n) is 3.60. The molecule has 0 radical (unpaired) electrons. The minimum Gasteiger partial charge on any atom is -0.334 e. The van der Waals surface area contributed by atoms with Crippen molar-refractivity contribution in [2.45, 2.75) is 25.8 Å². The molecule has 0 spiro atoms. The van der Waals surface area contributed by atoms with Gasteiger partial charge in [0.2, 0.25) is 5.91 Å². The molecule has 1 aromatic heterocycles. The highest BCUT2D eigenvalue weighted by molar-refractivity contribution is 6.30. The molecule has 0 N–H and O–H groups in total. The highest BCUT2D eigenvalue weighted by Crippen LogP contribution is 2.33. The smallest absolute Gasteiger partial charge is 0.220 e. The van der Waals surface area contributed by atoms with Crippen LogP contribution in [0.15, 0.2) is 12.4 Å². The van der Waals surface area contributed by atoms with E-state index in [1.807, 2.05) is 0 Å². The number of likely N-dealkylation sites (tertiary alicyclic amines) is 1. The fourth-order valence-electron chi connectivity index (χ4n) is 1.98. The summed E-state index contributed by atoms with van der Waals surface area (Å²) in [5.74, 6) is 0.0687. The first kappa shape index (κ1) is 10.4. The van der Waals surface area contributed by atoms with E-state index in [1.54, 1.807) is 24.2 Å². The Morgan fingerprint density at radius 2 is 2.27 bits per heavy atom. The molecule has 4 nitrogen and oxygen atoms in total. The van der Waals surface area contributed by atoms with Crippen LogP contribution in [0.3, 0.4) is 0 Å². The summed E-state index contributed by atoms with van der Waals surface area (Å²) >= 11 is 5.96. The normalized spacial score (nSPS) is 20.7. The van der Waals surface area contributed by atoms with Crippen LogP contribution in [-0.4, -0.2) is 27.3 Å². The molecule has 1 atom stereocenters. The molecule has 1 amide bonds. The molecule has 0 unspecified atom stereocenters. The van der Waals surface area contributed by atoms with Crippen molar-refractivity contribution in [1.82, 2.24) is 14.9 Å². The van der Waals surface area contributed by atoms with Gasteiger partial charge in [-0.05, 0) is 12.8 Å². The van der Waals surface area contributed by atoms with Gasteiger partial charge in [-0.15, -0.1) is 0 Å². The minimum absolute atomic E-state index is 0.00343. The standard InChI is InChI=1S/C10H12ClN3O/c1-7(15)14-6-2-3-8(14)9-10(11)13-5-4-12-9/h4-5,8H,2-3,6H2,1H3/t8-/m0/s1. The predicted molar refractivity (Wildman–Crippen MR) is 56.4 cm³/mol. The molecule has 1 fully saturated rings. The monoisotopic (exact) mass is 225 g/mol. The molecule has 0 aromatic carbocycles. The molecule has 0 bridgehead atoms. The molecule has 2 rings (SSSR count). The van der Waals surface area contributed by atoms with E-state index in [2.05, 4.69) is 9.97 Å². The van der Waals surface area contributed by atoms with E-state index in [0.717, 1.165) is 19.4 Å². The Morgan fingerprint density at radius 3 is 2.93 bits per heavy atom. The molecule has 80 valence electrons. The maximum absolute atomic E-state index is 11.4. The van der Waals surface area contributed by atoms with Crippen LogP contribution in [-0.2, 0) is 4.79 Å². The number of nitrogens with zero attached hydrogens (tertiary/aromatic N) is 3. The zero-order valence-corrected chi connectivity index (χ0v) is 9.24. The maximum Gasteiger partial charge on any atom is 0.220 e. The van der Waals surface area contributed by atoms with Crippen molar-refractivity contribution in [3.05, 3.63) is 23.2 Å². The van der Waals surface area contributed by atoms with E-state index < -0.39 is 0 Å². The topological polar surface area (TPSA) is 46.1 Å². The van der Waals surface area contributed by atoms with Gasteiger partial charge in [-0.25, -0.2) is 4.98 Å². The zero-order chi connectivity index (χ0) is 10.8. The number of aromatic nitrogens is 2. The lowest BCUT2D eigenvalue weighted by atomic mass is 10.1. The molecular weight excluding hydrogens is 214 g/mol. The van der Waals surface area contributed by atoms with Crippen LogP contribution in [0.25, 0.3) is 0 Å². The number of hydrogen-bond acceptors (Lipinski definition) is 3. The third-order valence-electron chi connectivity index (χ3n) is 2.65. The van der Waals surface area contributed by atoms with Crippen LogP contribution in [0.4, 0.5) is 0 Å². The number of carbonyl (C=O) groups is 1. The molecule has 0 aliphatic carbocycles. The number of rotatable bonds is 1. The van der Waals surface area contributed by atoms with E-state index in [1.165, 1.54) is 0 Å². The lowest BCUT2D eigenvalue weighted by Gasteiger charge is -2.22. The van der Waals surface area contributed by atoms with Crippen molar-refractivity contribution in [2.75, 3.05) is 6.54 Å². The van der Waals surface area contributed by atoms with Crippen LogP contribution in [0.1, 0.15) is 31.5 Å². The van der Waals surface area contributed by atoms with Crippen LogP contribution < -0.4 is 0 Å². The summed E-state index contributed by atoms with van der Waals surface area (Å²) in [5.41, 5.74) is 0.715. The fraction of sp³-hybridized carbons (Fsp3) is 0.500. The molecule has 1 aromatic rings. The summed E-state index contributed by atoms with van der Waals surface area (Å²) in [6.07, 6.45) is 5.08. The molecule has 1 aliphatic heterocycles. The van der Waals surface area contributed by atoms with Crippen LogP contribution in [0.2, 0.25) is 5.15 Å². The second-order valence-corrected chi connectivity index (χ2v) is 3.96. The Balaban J connectivity index is 2.30. The van der Waals surface area contributed by atoms with Gasteiger partial charge in [0.25, 0.3) is 0 Å². The van der Waals surface area contributed by atoms with Gasteiger partial charge in [-0.1, -0.05) is 11.6 Å². The maximum atomic E-state index is 11.4. The fourth-order valence-corrected chi connectivity index (χ4v) is 2.21. The number of amides is 1. The third kappa shape index (κ3) is 1.95. The van der Waals surface area contributed by atoms with Gasteiger partial charge < -0.3 is 4.90 Å². The molecule has 1 saturated heterocycles. The Morgan fingerprint density at radius 1 is 1.53 bits per heavy atom. The van der Waals surface area contributed by atoms with Crippen LogP contribution in [0, 0.1) is 0 Å². The van der Waals surface area contributed by atoms with Gasteiger partial charge in [0, 0.05) is 25.9 Å². The SMILES string of the molecule is CC(=O)N1CCC[C@H]1c1nccnc1Cl. The van der Waals surface area contributed by atoms with Crippen molar-refractivity contribution in [2.24, 2.45) is 0 Å². The quantitative estimate of drug-likeness (QED) is 0.733. The van der Waals surface area contributed by atoms with Gasteiger partial charge in [-0.2, -0.15) is 0 Å². The van der Waals surface area contributed by atoms with E-state index in [-0.39, 0.29) is 11.9 Å². The van der Waals surface area contributed by atoms with Gasteiger partial charge in [0.05, 0.1) is 6.04 Å². The van der Waals surface area contributed by atoms with Gasteiger partial charge >= 0.3 is 0 Å². The van der Waals surface area contributed by atoms with Crippen molar-refractivity contribution >= 4 is 17.5 Å². The summed E-state index contributed by atoms with van der Waals surface area (Å²) < 4.78 is 0. The van der Waals surface area contributed by atoms with Gasteiger partial charge in [-0.3, -0.25) is 9.78 Å². The summed E-state index contributed by atoms with van der Waals surface area (Å²) in [6.45, 7) is 2.36. The van der Waals surface area contributed by atoms with Crippen LogP contribution >= 0.6 is 11.6 Å². The highest BCUT2D eigenvalue weighted by atomic mass is 35.5. The number of carbonyl (C=O) groups excluding carboxylic acids is 1. The Bertz CT molecular complexity index is 383. The zero-order valence-electron chi connectivity index (χ0n) is 8.48. The first-order valence-electron chi connectivity index (χ1n) is 4.94. The summed E-state index contributed by atoms with van der Waals surface area (Å²) in [4.78, 5) is 21.4. The van der Waals surface area contributed by atoms with Crippen molar-refractivity contribution in [3.63, 3.8) is 0 Å². The van der Waals surface area contributed by atoms with Gasteiger partial charge in [0.15, 0.2) is 5.15 Å². The Hall–Kier alpha value is -1.16. The van der Waals surface area contributed by atoms with E-state index in [4.69, 9.17) is 11.6 Å². The van der Waals surface area contributed by atoms with Crippen molar-refractivity contribution < 1.29 is 4.79 Å². The summed E-state index contributed by atoms with van der Waals surface area (Å²) in [7, 11) is 0. The molecule has 15 heavy (non-hydrogen) atoms. The molecule has 5 heteroatoms. The molecule has 1 aliphatic rings. The minimum atomic E-state index is 0.00343. The van der Waals surface area contributed by atoms with E-state index >= 15 is 0 Å². The van der Waals surface area contributed by atoms with E-state index in [9.17, 15) is 4.79 Å². The average Bonchev–Trinajstić information content (AvgIpc) is 2.67. The lowest BCUT2D eigenvalue weighted by molar-refractivity contribution is -0.129. The van der Waals surface area contributed by atoms with Gasteiger partial charge in [0.1, 0.15) is 5.69 Å². The molecular formula is C10H12ClN3O. The molecule has 2 heterocycles.